The van der Waals surface area contributed by atoms with E-state index in [1.54, 1.807) is 6.92 Å². The van der Waals surface area contributed by atoms with E-state index in [-0.39, 0.29) is 11.2 Å². The molecule has 0 radical (unpaired) electrons. The molecule has 1 heterocycles. The van der Waals surface area contributed by atoms with Crippen LogP contribution < -0.4 is 0 Å². The van der Waals surface area contributed by atoms with Crippen molar-refractivity contribution in [3.63, 3.8) is 0 Å². The van der Waals surface area contributed by atoms with Crippen molar-refractivity contribution >= 4 is 16.7 Å². The molecule has 1 aromatic carbocycles. The van der Waals surface area contributed by atoms with Crippen LogP contribution in [0, 0.1) is 5.41 Å². The monoisotopic (exact) mass is 215 g/mol. The molecule has 0 fully saturated rings. The van der Waals surface area contributed by atoms with Crippen LogP contribution in [-0.2, 0) is 11.2 Å². The molecule has 0 unspecified atom stereocenters. The highest BCUT2D eigenvalue weighted by Crippen LogP contribution is 2.27. The van der Waals surface area contributed by atoms with E-state index in [0.717, 1.165) is 11.9 Å². The number of nitrogens with one attached hydrogen (secondary N) is 1. The van der Waals surface area contributed by atoms with E-state index >= 15 is 0 Å². The summed E-state index contributed by atoms with van der Waals surface area (Å²) in [6, 6.07) is 8.19. The summed E-state index contributed by atoms with van der Waals surface area (Å²) in [6.07, 6.45) is 2.79. The lowest BCUT2D eigenvalue weighted by Crippen LogP contribution is -2.23. The lowest BCUT2D eigenvalue weighted by atomic mass is 9.82. The second kappa shape index (κ2) is 3.78. The maximum atomic E-state index is 11.5. The Bertz CT molecular complexity index is 522. The van der Waals surface area contributed by atoms with Crippen LogP contribution in [0.25, 0.3) is 10.9 Å². The molecule has 2 rings (SSSR count). The summed E-state index contributed by atoms with van der Waals surface area (Å²) in [5, 5.41) is 1.22. The Morgan fingerprint density at radius 1 is 1.31 bits per heavy atom. The Kier molecular flexibility index (Phi) is 2.58. The van der Waals surface area contributed by atoms with E-state index in [4.69, 9.17) is 0 Å². The van der Waals surface area contributed by atoms with Gasteiger partial charge in [0.15, 0.2) is 0 Å². The van der Waals surface area contributed by atoms with Crippen LogP contribution in [0.1, 0.15) is 26.3 Å². The molecule has 2 nitrogen and oxygen atoms in total. The average molecular weight is 215 g/mol. The zero-order chi connectivity index (χ0) is 11.8. The topological polar surface area (TPSA) is 32.9 Å². The fourth-order valence-corrected chi connectivity index (χ4v) is 1.88. The summed E-state index contributed by atoms with van der Waals surface area (Å²) in [6.45, 7) is 5.66. The third-order valence-electron chi connectivity index (χ3n) is 3.26. The van der Waals surface area contributed by atoms with E-state index in [0.29, 0.717) is 0 Å². The summed E-state index contributed by atoms with van der Waals surface area (Å²) in [5.41, 5.74) is 2.07. The Morgan fingerprint density at radius 2 is 2.00 bits per heavy atom. The number of para-hydroxylation sites is 1. The van der Waals surface area contributed by atoms with Gasteiger partial charge in [0.05, 0.1) is 0 Å². The maximum Gasteiger partial charge on any atom is 0.135 e. The van der Waals surface area contributed by atoms with E-state index in [1.807, 2.05) is 32.2 Å². The normalized spacial score (nSPS) is 11.9. The second-order valence-electron chi connectivity index (χ2n) is 4.98. The molecule has 2 aromatic rings. The first-order valence-corrected chi connectivity index (χ1v) is 5.57. The first-order valence-electron chi connectivity index (χ1n) is 5.57. The van der Waals surface area contributed by atoms with Gasteiger partial charge in [-0.1, -0.05) is 32.0 Å². The second-order valence-corrected chi connectivity index (χ2v) is 4.98. The van der Waals surface area contributed by atoms with Crippen LogP contribution in [-0.4, -0.2) is 10.8 Å². The van der Waals surface area contributed by atoms with Crippen molar-refractivity contribution in [1.82, 2.24) is 4.98 Å². The number of hydrogen-bond donors (Lipinski definition) is 1. The van der Waals surface area contributed by atoms with Crippen molar-refractivity contribution in [2.45, 2.75) is 27.2 Å². The highest BCUT2D eigenvalue weighted by molar-refractivity contribution is 5.86. The fourth-order valence-electron chi connectivity index (χ4n) is 1.88. The standard InChI is InChI=1S/C14H17NO/c1-10(16)14(2,3)8-11-9-15-13-7-5-4-6-12(11)13/h4-7,9,15H,8H2,1-3H3. The van der Waals surface area contributed by atoms with Crippen molar-refractivity contribution in [3.8, 4) is 0 Å². The molecule has 0 aliphatic heterocycles. The average Bonchev–Trinajstić information content (AvgIpc) is 2.61. The van der Waals surface area contributed by atoms with Gasteiger partial charge in [0.25, 0.3) is 0 Å². The van der Waals surface area contributed by atoms with Gasteiger partial charge in [-0.2, -0.15) is 0 Å². The molecule has 2 heteroatoms. The van der Waals surface area contributed by atoms with Crippen molar-refractivity contribution < 1.29 is 4.79 Å². The van der Waals surface area contributed by atoms with E-state index < -0.39 is 0 Å². The molecule has 0 aliphatic rings. The van der Waals surface area contributed by atoms with Crippen LogP contribution in [0.4, 0.5) is 0 Å². The van der Waals surface area contributed by atoms with Gasteiger partial charge in [-0.3, -0.25) is 4.79 Å². The zero-order valence-electron chi connectivity index (χ0n) is 10.0. The van der Waals surface area contributed by atoms with Gasteiger partial charge in [0.2, 0.25) is 0 Å². The number of H-pyrrole nitrogens is 1. The number of aromatic nitrogens is 1. The van der Waals surface area contributed by atoms with E-state index in [2.05, 4.69) is 17.1 Å². The van der Waals surface area contributed by atoms with Gasteiger partial charge < -0.3 is 4.98 Å². The largest absolute Gasteiger partial charge is 0.361 e. The van der Waals surface area contributed by atoms with Gasteiger partial charge in [-0.15, -0.1) is 0 Å². The molecule has 0 bridgehead atoms. The van der Waals surface area contributed by atoms with Gasteiger partial charge in [-0.25, -0.2) is 0 Å². The highest BCUT2D eigenvalue weighted by atomic mass is 16.1. The molecular formula is C14H17NO. The Labute approximate surface area is 95.7 Å². The molecule has 0 saturated heterocycles. The zero-order valence-corrected chi connectivity index (χ0v) is 10.0. The summed E-state index contributed by atoms with van der Waals surface area (Å²) < 4.78 is 0. The summed E-state index contributed by atoms with van der Waals surface area (Å²) in [5.74, 6) is 0.234. The number of Topliss-reactive ketones (excluding diaryl/α,β-unsaturated/α-hetero) is 1. The Morgan fingerprint density at radius 3 is 2.69 bits per heavy atom. The van der Waals surface area contributed by atoms with Crippen molar-refractivity contribution in [1.29, 1.82) is 0 Å². The van der Waals surface area contributed by atoms with Crippen LogP contribution in [0.3, 0.4) is 0 Å². The molecule has 0 aliphatic carbocycles. The number of hydrogen-bond acceptors (Lipinski definition) is 1. The van der Waals surface area contributed by atoms with E-state index in [1.165, 1.54) is 10.9 Å². The number of carbonyl (C=O) groups is 1. The molecular weight excluding hydrogens is 198 g/mol. The first kappa shape index (κ1) is 10.9. The number of aromatic amines is 1. The minimum Gasteiger partial charge on any atom is -0.361 e. The minimum atomic E-state index is -0.287. The minimum absolute atomic E-state index is 0.234. The third-order valence-corrected chi connectivity index (χ3v) is 3.26. The number of carbonyl (C=O) groups excluding carboxylic acids is 1. The molecule has 1 aromatic heterocycles. The van der Waals surface area contributed by atoms with Gasteiger partial charge >= 0.3 is 0 Å². The lowest BCUT2D eigenvalue weighted by Gasteiger charge is -2.20. The van der Waals surface area contributed by atoms with Crippen molar-refractivity contribution in [2.75, 3.05) is 0 Å². The molecule has 0 amide bonds. The van der Waals surface area contributed by atoms with Crippen LogP contribution in [0.2, 0.25) is 0 Å². The van der Waals surface area contributed by atoms with Crippen LogP contribution in [0.15, 0.2) is 30.5 Å². The van der Waals surface area contributed by atoms with Crippen molar-refractivity contribution in [2.24, 2.45) is 5.41 Å². The summed E-state index contributed by atoms with van der Waals surface area (Å²) in [7, 11) is 0. The highest BCUT2D eigenvalue weighted by Gasteiger charge is 2.24. The molecule has 0 spiro atoms. The van der Waals surface area contributed by atoms with Gasteiger partial charge in [0, 0.05) is 22.5 Å². The van der Waals surface area contributed by atoms with Gasteiger partial charge in [-0.05, 0) is 25.0 Å². The van der Waals surface area contributed by atoms with Crippen LogP contribution in [0.5, 0.6) is 0 Å². The quantitative estimate of drug-likeness (QED) is 0.837. The Hall–Kier alpha value is -1.57. The van der Waals surface area contributed by atoms with Gasteiger partial charge in [0.1, 0.15) is 5.78 Å². The number of ketones is 1. The molecule has 84 valence electrons. The van der Waals surface area contributed by atoms with Crippen LogP contribution >= 0.6 is 0 Å². The van der Waals surface area contributed by atoms with Crippen molar-refractivity contribution in [3.05, 3.63) is 36.0 Å². The van der Waals surface area contributed by atoms with E-state index in [9.17, 15) is 4.79 Å². The predicted octanol–water partition coefficient (Wildman–Crippen LogP) is 3.33. The first-order chi connectivity index (χ1) is 7.50. The third kappa shape index (κ3) is 1.87. The number of fused-ring (bicyclic) bond motifs is 1. The molecule has 16 heavy (non-hydrogen) atoms. The SMILES string of the molecule is CC(=O)C(C)(C)Cc1c[nH]c2ccccc12. The fraction of sp³-hybridized carbons (Fsp3) is 0.357. The molecule has 0 atom stereocenters. The smallest absolute Gasteiger partial charge is 0.135 e. The number of rotatable bonds is 3. The molecule has 1 N–H and O–H groups in total. The number of benzene rings is 1. The predicted molar refractivity (Wildman–Crippen MR) is 66.5 cm³/mol. The lowest BCUT2D eigenvalue weighted by molar-refractivity contribution is -0.124. The maximum absolute atomic E-state index is 11.5. The molecule has 0 saturated carbocycles. The summed E-state index contributed by atoms with van der Waals surface area (Å²) >= 11 is 0. The Balaban J connectivity index is 2.38. The summed E-state index contributed by atoms with van der Waals surface area (Å²) in [4.78, 5) is 14.8.